The number of nitrogens with one attached hydrogen (secondary N) is 1. The van der Waals surface area contributed by atoms with Crippen LogP contribution in [0.1, 0.15) is 38.9 Å². The van der Waals surface area contributed by atoms with Gasteiger partial charge in [0.25, 0.3) is 0 Å². The number of hydrogen-bond acceptors (Lipinski definition) is 3. The summed E-state index contributed by atoms with van der Waals surface area (Å²) in [6.07, 6.45) is 3.19. The Morgan fingerprint density at radius 2 is 2.22 bits per heavy atom. The highest BCUT2D eigenvalue weighted by atomic mass is 15.3. The molecule has 1 aromatic heterocycles. The molecule has 0 amide bonds. The average Bonchev–Trinajstić information content (AvgIpc) is 2.94. The van der Waals surface area contributed by atoms with Crippen molar-refractivity contribution in [1.82, 2.24) is 20.0 Å². The fourth-order valence-corrected chi connectivity index (χ4v) is 2.76. The van der Waals surface area contributed by atoms with E-state index in [1.807, 2.05) is 17.9 Å². The summed E-state index contributed by atoms with van der Waals surface area (Å²) in [5.74, 6) is 0.795. The fourth-order valence-electron chi connectivity index (χ4n) is 2.76. The summed E-state index contributed by atoms with van der Waals surface area (Å²) in [6.45, 7) is 10.4. The van der Waals surface area contributed by atoms with Gasteiger partial charge in [0.1, 0.15) is 0 Å². The Kier molecular flexibility index (Phi) is 4.40. The fraction of sp³-hybridized carbons (Fsp3) is 0.786. The van der Waals surface area contributed by atoms with Crippen LogP contribution in [0.5, 0.6) is 0 Å². The molecule has 1 N–H and O–H groups in total. The molecule has 1 aliphatic rings. The number of likely N-dealkylation sites (tertiary alicyclic amines) is 1. The van der Waals surface area contributed by atoms with E-state index < -0.39 is 0 Å². The van der Waals surface area contributed by atoms with Gasteiger partial charge in [-0.3, -0.25) is 4.68 Å². The normalized spacial score (nSPS) is 22.8. The maximum absolute atomic E-state index is 4.22. The maximum atomic E-state index is 4.22. The molecule has 4 heteroatoms. The first-order chi connectivity index (χ1) is 8.58. The zero-order chi connectivity index (χ0) is 13.1. The van der Waals surface area contributed by atoms with E-state index in [-0.39, 0.29) is 0 Å². The third-order valence-electron chi connectivity index (χ3n) is 4.06. The van der Waals surface area contributed by atoms with E-state index in [4.69, 9.17) is 0 Å². The van der Waals surface area contributed by atoms with Crippen LogP contribution < -0.4 is 5.32 Å². The molecule has 1 aromatic rings. The van der Waals surface area contributed by atoms with E-state index in [0.717, 1.165) is 12.5 Å². The molecule has 102 valence electrons. The molecule has 2 atom stereocenters. The van der Waals surface area contributed by atoms with E-state index >= 15 is 0 Å². The van der Waals surface area contributed by atoms with Crippen molar-refractivity contribution in [2.45, 2.75) is 39.3 Å². The van der Waals surface area contributed by atoms with Gasteiger partial charge in [-0.05, 0) is 52.3 Å². The first-order valence-electron chi connectivity index (χ1n) is 7.03. The minimum Gasteiger partial charge on any atom is -0.309 e. The van der Waals surface area contributed by atoms with Crippen LogP contribution >= 0.6 is 0 Å². The lowest BCUT2D eigenvalue weighted by Crippen LogP contribution is -2.31. The number of hydrogen-bond donors (Lipinski definition) is 1. The lowest BCUT2D eigenvalue weighted by atomic mass is 10.1. The van der Waals surface area contributed by atoms with Crippen molar-refractivity contribution in [3.05, 3.63) is 18.0 Å². The van der Waals surface area contributed by atoms with Gasteiger partial charge in [-0.25, -0.2) is 0 Å². The first-order valence-corrected chi connectivity index (χ1v) is 7.03. The van der Waals surface area contributed by atoms with Crippen molar-refractivity contribution in [1.29, 1.82) is 0 Å². The van der Waals surface area contributed by atoms with E-state index in [0.29, 0.717) is 12.1 Å². The van der Waals surface area contributed by atoms with Gasteiger partial charge in [0, 0.05) is 31.9 Å². The minimum absolute atomic E-state index is 0.380. The van der Waals surface area contributed by atoms with Gasteiger partial charge in [-0.2, -0.15) is 5.10 Å². The third kappa shape index (κ3) is 3.12. The van der Waals surface area contributed by atoms with Crippen LogP contribution in [-0.4, -0.2) is 40.4 Å². The molecule has 1 aliphatic heterocycles. The van der Waals surface area contributed by atoms with E-state index in [9.17, 15) is 0 Å². The second-order valence-electron chi connectivity index (χ2n) is 5.75. The highest BCUT2D eigenvalue weighted by Crippen LogP contribution is 2.19. The van der Waals surface area contributed by atoms with Gasteiger partial charge < -0.3 is 10.2 Å². The highest BCUT2D eigenvalue weighted by molar-refractivity contribution is 5.05. The first kappa shape index (κ1) is 13.6. The maximum Gasteiger partial charge on any atom is 0.0547 e. The van der Waals surface area contributed by atoms with Gasteiger partial charge in [0.2, 0.25) is 0 Å². The molecule has 0 saturated carbocycles. The molecule has 0 radical (unpaired) electrons. The van der Waals surface area contributed by atoms with Gasteiger partial charge in [0.05, 0.1) is 5.69 Å². The molecule has 1 fully saturated rings. The number of aromatic nitrogens is 2. The van der Waals surface area contributed by atoms with E-state index in [2.05, 4.69) is 42.2 Å². The molecule has 2 rings (SSSR count). The Bertz CT molecular complexity index is 372. The number of nitrogens with zero attached hydrogens (tertiary/aromatic N) is 3. The lowest BCUT2D eigenvalue weighted by molar-refractivity contribution is 0.263. The highest BCUT2D eigenvalue weighted by Gasteiger charge is 2.24. The van der Waals surface area contributed by atoms with Crippen LogP contribution in [0, 0.1) is 5.92 Å². The molecular formula is C14H26N4. The summed E-state index contributed by atoms with van der Waals surface area (Å²) in [5, 5.41) is 7.86. The Morgan fingerprint density at radius 3 is 2.78 bits per heavy atom. The molecule has 0 aromatic carbocycles. The summed E-state index contributed by atoms with van der Waals surface area (Å²) in [4.78, 5) is 2.57. The van der Waals surface area contributed by atoms with Crippen molar-refractivity contribution in [3.63, 3.8) is 0 Å². The van der Waals surface area contributed by atoms with Crippen LogP contribution in [0.3, 0.4) is 0 Å². The molecule has 18 heavy (non-hydrogen) atoms. The molecular weight excluding hydrogens is 224 g/mol. The van der Waals surface area contributed by atoms with Crippen LogP contribution in [0.2, 0.25) is 0 Å². The molecule has 2 unspecified atom stereocenters. The predicted octanol–water partition coefficient (Wildman–Crippen LogP) is 1.80. The summed E-state index contributed by atoms with van der Waals surface area (Å²) in [6, 6.07) is 3.15. The molecule has 2 heterocycles. The minimum atomic E-state index is 0.380. The summed E-state index contributed by atoms with van der Waals surface area (Å²) >= 11 is 0. The molecule has 0 bridgehead atoms. The van der Waals surface area contributed by atoms with Gasteiger partial charge >= 0.3 is 0 Å². The van der Waals surface area contributed by atoms with Crippen LogP contribution in [-0.2, 0) is 7.05 Å². The second-order valence-corrected chi connectivity index (χ2v) is 5.75. The lowest BCUT2D eigenvalue weighted by Gasteiger charge is -2.21. The monoisotopic (exact) mass is 250 g/mol. The zero-order valence-corrected chi connectivity index (χ0v) is 12.1. The quantitative estimate of drug-likeness (QED) is 0.865. The summed E-state index contributed by atoms with van der Waals surface area (Å²) in [7, 11) is 2.00. The van der Waals surface area contributed by atoms with Crippen LogP contribution in [0.4, 0.5) is 0 Å². The standard InChI is InChI=1S/C14H26N4/c1-11(2)18-8-6-13(10-18)9-15-12(3)14-5-7-16-17(14)4/h5,7,11-13,15H,6,8-10H2,1-4H3. The van der Waals surface area contributed by atoms with Crippen molar-refractivity contribution in [3.8, 4) is 0 Å². The Hall–Kier alpha value is -0.870. The van der Waals surface area contributed by atoms with Crippen molar-refractivity contribution < 1.29 is 0 Å². The topological polar surface area (TPSA) is 33.1 Å². The third-order valence-corrected chi connectivity index (χ3v) is 4.06. The Morgan fingerprint density at radius 1 is 1.44 bits per heavy atom. The van der Waals surface area contributed by atoms with Crippen molar-refractivity contribution in [2.75, 3.05) is 19.6 Å². The van der Waals surface area contributed by atoms with E-state index in [1.165, 1.54) is 25.2 Å². The zero-order valence-electron chi connectivity index (χ0n) is 12.1. The number of aryl methyl sites for hydroxylation is 1. The van der Waals surface area contributed by atoms with Crippen LogP contribution in [0.25, 0.3) is 0 Å². The largest absolute Gasteiger partial charge is 0.309 e. The van der Waals surface area contributed by atoms with Crippen LogP contribution in [0.15, 0.2) is 12.3 Å². The molecule has 4 nitrogen and oxygen atoms in total. The smallest absolute Gasteiger partial charge is 0.0547 e. The van der Waals surface area contributed by atoms with Gasteiger partial charge in [-0.1, -0.05) is 0 Å². The second kappa shape index (κ2) is 5.85. The summed E-state index contributed by atoms with van der Waals surface area (Å²) in [5.41, 5.74) is 1.26. The van der Waals surface area contributed by atoms with E-state index in [1.54, 1.807) is 0 Å². The predicted molar refractivity (Wildman–Crippen MR) is 74.4 cm³/mol. The SMILES string of the molecule is CC(NCC1CCN(C(C)C)C1)c1ccnn1C. The molecule has 1 saturated heterocycles. The Labute approximate surface area is 110 Å². The van der Waals surface area contributed by atoms with Crippen molar-refractivity contribution >= 4 is 0 Å². The van der Waals surface area contributed by atoms with Crippen molar-refractivity contribution in [2.24, 2.45) is 13.0 Å². The molecule has 0 spiro atoms. The Balaban J connectivity index is 1.77. The van der Waals surface area contributed by atoms with Gasteiger partial charge in [-0.15, -0.1) is 0 Å². The van der Waals surface area contributed by atoms with Gasteiger partial charge in [0.15, 0.2) is 0 Å². The molecule has 0 aliphatic carbocycles. The number of rotatable bonds is 5. The summed E-state index contributed by atoms with van der Waals surface area (Å²) < 4.78 is 1.95. The average molecular weight is 250 g/mol.